The van der Waals surface area contributed by atoms with Crippen molar-refractivity contribution in [2.75, 3.05) is 37.4 Å². The van der Waals surface area contributed by atoms with Gasteiger partial charge in [-0.3, -0.25) is 19.3 Å². The van der Waals surface area contributed by atoms with Crippen LogP contribution in [0.15, 0.2) is 21.1 Å². The summed E-state index contributed by atoms with van der Waals surface area (Å²) in [4.78, 5) is 56.9. The smallest absolute Gasteiger partial charge is 0.358 e. The van der Waals surface area contributed by atoms with Crippen molar-refractivity contribution in [2.45, 2.75) is 38.3 Å². The molecule has 0 radical (unpaired) electrons. The van der Waals surface area contributed by atoms with Crippen molar-refractivity contribution in [1.29, 1.82) is 0 Å². The van der Waals surface area contributed by atoms with Crippen LogP contribution < -0.4 is 11.1 Å². The third-order valence-corrected chi connectivity index (χ3v) is 8.98. The topological polar surface area (TPSA) is 192 Å². The van der Waals surface area contributed by atoms with Gasteiger partial charge >= 0.3 is 11.9 Å². The number of anilines is 1. The molecule has 4 N–H and O–H groups in total. The Labute approximate surface area is 235 Å². The lowest BCUT2D eigenvalue weighted by Crippen LogP contribution is -2.71. The summed E-state index contributed by atoms with van der Waals surface area (Å²) in [7, 11) is 0. The maximum atomic E-state index is 13.2. The predicted molar refractivity (Wildman–Crippen MR) is 142 cm³/mol. The summed E-state index contributed by atoms with van der Waals surface area (Å²) >= 11 is 3.73. The molecule has 0 bridgehead atoms. The molecule has 2 amide bonds. The molecule has 0 saturated carbocycles. The second kappa shape index (κ2) is 12.1. The number of rotatable bonds is 9. The number of aromatic nitrogens is 1. The predicted octanol–water partition coefficient (Wildman–Crippen LogP) is 0.711. The van der Waals surface area contributed by atoms with Crippen molar-refractivity contribution in [1.82, 2.24) is 15.2 Å². The number of nitrogens with zero attached hydrogens (tertiary/aromatic N) is 3. The summed E-state index contributed by atoms with van der Waals surface area (Å²) in [5.74, 6) is -1.97. The maximum absolute atomic E-state index is 13.2. The third kappa shape index (κ3) is 6.49. The van der Waals surface area contributed by atoms with Crippen LogP contribution in [-0.2, 0) is 38.1 Å². The average Bonchev–Trinajstić information content (AvgIpc) is 3.57. The molecule has 2 saturated heterocycles. The molecule has 1 aromatic rings. The number of nitrogen functional groups attached to an aromatic ring is 1. The van der Waals surface area contributed by atoms with E-state index < -0.39 is 53.1 Å². The Kier molecular flexibility index (Phi) is 9.05. The SMILES string of the molecule is CC(C)(C)C(=O)OCOC(=O)C1=C(SCC2COCO2)CSC2C(NC(=O)/C(=N\O)c3csc(N)n3)C(=O)N12. The summed E-state index contributed by atoms with van der Waals surface area (Å²) in [5.41, 5.74) is 4.47. The van der Waals surface area contributed by atoms with E-state index in [0.29, 0.717) is 23.0 Å². The number of carbonyl (C=O) groups is 4. The van der Waals surface area contributed by atoms with E-state index in [1.54, 1.807) is 20.8 Å². The Bertz CT molecular complexity index is 1210. The fraction of sp³-hybridized carbons (Fsp3) is 0.545. The molecule has 4 heterocycles. The Hall–Kier alpha value is -2.86. The number of amides is 2. The number of hydrogen-bond acceptors (Lipinski definition) is 15. The largest absolute Gasteiger partial charge is 0.427 e. The van der Waals surface area contributed by atoms with Crippen LogP contribution in [-0.4, -0.2) is 93.8 Å². The maximum Gasteiger partial charge on any atom is 0.358 e. The lowest BCUT2D eigenvalue weighted by molar-refractivity contribution is -0.173. The Morgan fingerprint density at radius 3 is 2.74 bits per heavy atom. The molecule has 3 aliphatic heterocycles. The van der Waals surface area contributed by atoms with E-state index in [4.69, 9.17) is 24.7 Å². The Morgan fingerprint density at radius 1 is 1.36 bits per heavy atom. The highest BCUT2D eigenvalue weighted by atomic mass is 32.2. The van der Waals surface area contributed by atoms with Gasteiger partial charge in [-0.2, -0.15) is 0 Å². The highest BCUT2D eigenvalue weighted by Gasteiger charge is 2.55. The van der Waals surface area contributed by atoms with Crippen molar-refractivity contribution in [3.63, 3.8) is 0 Å². The fourth-order valence-electron chi connectivity index (χ4n) is 3.59. The molecule has 0 spiro atoms. The van der Waals surface area contributed by atoms with Crippen LogP contribution in [0, 0.1) is 5.41 Å². The van der Waals surface area contributed by atoms with Crippen LogP contribution >= 0.6 is 34.9 Å². The Balaban J connectivity index is 1.47. The van der Waals surface area contributed by atoms with Gasteiger partial charge in [0.05, 0.1) is 18.1 Å². The van der Waals surface area contributed by atoms with Crippen LogP contribution in [0.5, 0.6) is 0 Å². The molecular formula is C22H27N5O9S3. The van der Waals surface area contributed by atoms with E-state index in [1.165, 1.54) is 33.8 Å². The number of carbonyl (C=O) groups excluding carboxylic acids is 4. The number of fused-ring (bicyclic) bond motifs is 1. The first-order valence-corrected chi connectivity index (χ1v) is 14.5. The van der Waals surface area contributed by atoms with Gasteiger partial charge in [-0.15, -0.1) is 34.9 Å². The highest BCUT2D eigenvalue weighted by Crippen LogP contribution is 2.44. The average molecular weight is 602 g/mol. The van der Waals surface area contributed by atoms with Crippen molar-refractivity contribution < 1.29 is 43.3 Å². The minimum Gasteiger partial charge on any atom is -0.427 e. The minimum absolute atomic E-state index is 0.00768. The third-order valence-electron chi connectivity index (χ3n) is 5.62. The van der Waals surface area contributed by atoms with Gasteiger partial charge in [0.1, 0.15) is 29.6 Å². The van der Waals surface area contributed by atoms with E-state index in [1.807, 2.05) is 0 Å². The van der Waals surface area contributed by atoms with E-state index in [9.17, 15) is 24.4 Å². The van der Waals surface area contributed by atoms with Crippen LogP contribution in [0.3, 0.4) is 0 Å². The zero-order valence-corrected chi connectivity index (χ0v) is 23.7. The summed E-state index contributed by atoms with van der Waals surface area (Å²) in [6.45, 7) is 4.96. The molecule has 3 unspecified atom stereocenters. The number of esters is 2. The zero-order chi connectivity index (χ0) is 28.3. The number of thiazole rings is 1. The zero-order valence-electron chi connectivity index (χ0n) is 21.2. The first-order valence-electron chi connectivity index (χ1n) is 11.6. The van der Waals surface area contributed by atoms with Crippen molar-refractivity contribution in [3.05, 3.63) is 21.7 Å². The quantitative estimate of drug-likeness (QED) is 0.0896. The molecule has 3 atom stereocenters. The van der Waals surface area contributed by atoms with E-state index in [2.05, 4.69) is 15.5 Å². The van der Waals surface area contributed by atoms with Gasteiger partial charge in [0, 0.05) is 21.8 Å². The monoisotopic (exact) mass is 601 g/mol. The fourth-order valence-corrected chi connectivity index (χ4v) is 6.77. The molecule has 0 aromatic carbocycles. The van der Waals surface area contributed by atoms with Gasteiger partial charge in [0.2, 0.25) is 6.79 Å². The summed E-state index contributed by atoms with van der Waals surface area (Å²) < 4.78 is 20.9. The molecule has 0 aliphatic carbocycles. The lowest BCUT2D eigenvalue weighted by Gasteiger charge is -2.49. The lowest BCUT2D eigenvalue weighted by atomic mass is 9.98. The molecular weight excluding hydrogens is 574 g/mol. The van der Waals surface area contributed by atoms with Gasteiger partial charge in [-0.1, -0.05) is 5.16 Å². The van der Waals surface area contributed by atoms with Gasteiger partial charge in [0.15, 0.2) is 10.8 Å². The van der Waals surface area contributed by atoms with Crippen molar-refractivity contribution >= 4 is 69.5 Å². The number of β-lactam (4-membered cyclic amide) rings is 1. The van der Waals surface area contributed by atoms with Crippen LogP contribution in [0.25, 0.3) is 0 Å². The summed E-state index contributed by atoms with van der Waals surface area (Å²) in [6, 6.07) is -1.00. The summed E-state index contributed by atoms with van der Waals surface area (Å²) in [5, 5.41) is 15.9. The molecule has 2 fully saturated rings. The second-order valence-electron chi connectivity index (χ2n) is 9.47. The molecule has 14 nitrogen and oxygen atoms in total. The van der Waals surface area contributed by atoms with E-state index in [-0.39, 0.29) is 29.4 Å². The second-order valence-corrected chi connectivity index (χ2v) is 12.6. The molecule has 3 aliphatic rings. The molecule has 4 rings (SSSR count). The highest BCUT2D eigenvalue weighted by molar-refractivity contribution is 8.06. The molecule has 17 heteroatoms. The van der Waals surface area contributed by atoms with Crippen LogP contribution in [0.1, 0.15) is 26.5 Å². The molecule has 212 valence electrons. The van der Waals surface area contributed by atoms with Crippen LogP contribution in [0.2, 0.25) is 0 Å². The van der Waals surface area contributed by atoms with Crippen molar-refractivity contribution in [3.8, 4) is 0 Å². The van der Waals surface area contributed by atoms with Gasteiger partial charge in [-0.05, 0) is 20.8 Å². The van der Waals surface area contributed by atoms with Gasteiger partial charge in [-0.25, -0.2) is 9.78 Å². The van der Waals surface area contributed by atoms with Gasteiger partial charge in [0.25, 0.3) is 11.8 Å². The van der Waals surface area contributed by atoms with E-state index in [0.717, 1.165) is 11.3 Å². The van der Waals surface area contributed by atoms with E-state index >= 15 is 0 Å². The van der Waals surface area contributed by atoms with Crippen LogP contribution in [0.4, 0.5) is 5.13 Å². The number of nitrogens with two attached hydrogens (primary N) is 1. The minimum atomic E-state index is -1.00. The number of thioether (sulfide) groups is 2. The number of oxime groups is 1. The van der Waals surface area contributed by atoms with Gasteiger partial charge < -0.3 is 35.2 Å². The molecule has 1 aromatic heterocycles. The number of ether oxygens (including phenoxy) is 4. The first-order chi connectivity index (χ1) is 18.5. The summed E-state index contributed by atoms with van der Waals surface area (Å²) in [6.07, 6.45) is -0.176. The number of nitrogens with one attached hydrogen (secondary N) is 1. The standard InChI is InChI=1S/C22H27N5O9S3/c1-22(2,3)20(31)36-9-35-19(30)15-12(37-5-10-4-33-8-34-10)7-38-18-14(17(29)27(15)18)25-16(28)13(26-32)11-6-39-21(23)24-11/h6,10,14,18,32H,4-5,7-9H2,1-3H3,(H2,23,24)(H,25,28)/b26-13-. The molecule has 39 heavy (non-hydrogen) atoms. The normalized spacial score (nSPS) is 23.3. The first kappa shape index (κ1) is 29.1. The number of hydrogen-bond donors (Lipinski definition) is 3. The van der Waals surface area contributed by atoms with Crippen molar-refractivity contribution in [2.24, 2.45) is 10.6 Å². The Morgan fingerprint density at radius 2 is 2.13 bits per heavy atom.